The molecule has 0 N–H and O–H groups in total. The van der Waals surface area contributed by atoms with Crippen LogP contribution in [0.4, 0.5) is 0 Å². The number of ether oxygens (including phenoxy) is 4. The third-order valence-corrected chi connectivity index (χ3v) is 6.17. The second-order valence-electron chi connectivity index (χ2n) is 8.94. The maximum Gasteiger partial charge on any atom is 0.226 e. The maximum atomic E-state index is 13.2. The summed E-state index contributed by atoms with van der Waals surface area (Å²) in [5.74, 6) is 1.70. The van der Waals surface area contributed by atoms with E-state index in [9.17, 15) is 4.79 Å². The minimum Gasteiger partial charge on any atom is -0.493 e. The van der Waals surface area contributed by atoms with Gasteiger partial charge in [0.05, 0.1) is 33.0 Å². The highest BCUT2D eigenvalue weighted by atomic mass is 16.5. The molecule has 168 valence electrons. The summed E-state index contributed by atoms with van der Waals surface area (Å²) in [5, 5.41) is 0. The van der Waals surface area contributed by atoms with Crippen molar-refractivity contribution < 1.29 is 23.7 Å². The first-order valence-corrected chi connectivity index (χ1v) is 11.3. The largest absolute Gasteiger partial charge is 0.493 e. The van der Waals surface area contributed by atoms with Crippen LogP contribution in [0.1, 0.15) is 52.0 Å². The van der Waals surface area contributed by atoms with Crippen LogP contribution >= 0.6 is 0 Å². The summed E-state index contributed by atoms with van der Waals surface area (Å²) in [6.07, 6.45) is 3.94. The molecule has 3 rings (SSSR count). The van der Waals surface area contributed by atoms with Crippen LogP contribution in [0.3, 0.4) is 0 Å². The molecule has 0 aliphatic carbocycles. The van der Waals surface area contributed by atoms with Gasteiger partial charge in [0.1, 0.15) is 0 Å². The zero-order chi connectivity index (χ0) is 21.6. The van der Waals surface area contributed by atoms with Crippen LogP contribution in [0.25, 0.3) is 0 Å². The highest BCUT2D eigenvalue weighted by Gasteiger charge is 2.34. The van der Waals surface area contributed by atoms with Gasteiger partial charge in [-0.1, -0.05) is 26.8 Å². The second kappa shape index (κ2) is 10.5. The molecule has 6 nitrogen and oxygen atoms in total. The number of nitrogens with zero attached hydrogens (tertiary/aromatic N) is 1. The van der Waals surface area contributed by atoms with Gasteiger partial charge in [0, 0.05) is 31.0 Å². The van der Waals surface area contributed by atoms with E-state index in [0.29, 0.717) is 38.7 Å². The Hall–Kier alpha value is -1.79. The Morgan fingerprint density at radius 3 is 2.60 bits per heavy atom. The minimum absolute atomic E-state index is 0.0539. The first-order chi connectivity index (χ1) is 14.5. The molecular formula is C24H37NO5. The van der Waals surface area contributed by atoms with Crippen molar-refractivity contribution in [3.63, 3.8) is 0 Å². The van der Waals surface area contributed by atoms with E-state index in [1.54, 1.807) is 7.11 Å². The smallest absolute Gasteiger partial charge is 0.226 e. The molecule has 1 aromatic carbocycles. The van der Waals surface area contributed by atoms with Crippen molar-refractivity contribution in [2.75, 3.05) is 40.1 Å². The van der Waals surface area contributed by atoms with E-state index < -0.39 is 0 Å². The highest BCUT2D eigenvalue weighted by Crippen LogP contribution is 2.33. The van der Waals surface area contributed by atoms with Gasteiger partial charge in [0.25, 0.3) is 0 Å². The number of carbonyl (C=O) groups excluding carboxylic acids is 1. The van der Waals surface area contributed by atoms with Crippen LogP contribution in [0.2, 0.25) is 0 Å². The molecule has 0 unspecified atom stereocenters. The molecule has 0 radical (unpaired) electrons. The molecule has 1 aromatic rings. The maximum absolute atomic E-state index is 13.2. The molecule has 2 heterocycles. The average molecular weight is 420 g/mol. The van der Waals surface area contributed by atoms with E-state index in [1.165, 1.54) is 0 Å². The van der Waals surface area contributed by atoms with Gasteiger partial charge in [-0.25, -0.2) is 0 Å². The van der Waals surface area contributed by atoms with Crippen LogP contribution in [-0.4, -0.2) is 57.0 Å². The van der Waals surface area contributed by atoms with Crippen molar-refractivity contribution in [3.05, 3.63) is 23.8 Å². The Kier molecular flexibility index (Phi) is 8.00. The number of benzene rings is 1. The fourth-order valence-electron chi connectivity index (χ4n) is 4.10. The third-order valence-electron chi connectivity index (χ3n) is 6.17. The normalized spacial score (nSPS) is 20.1. The van der Waals surface area contributed by atoms with E-state index in [4.69, 9.17) is 18.9 Å². The average Bonchev–Trinajstić information content (AvgIpc) is 3.24. The van der Waals surface area contributed by atoms with Crippen molar-refractivity contribution in [2.45, 2.75) is 59.1 Å². The van der Waals surface area contributed by atoms with E-state index >= 15 is 0 Å². The fraction of sp³-hybridized carbons (Fsp3) is 0.708. The van der Waals surface area contributed by atoms with Gasteiger partial charge in [-0.05, 0) is 43.4 Å². The monoisotopic (exact) mass is 419 g/mol. The third kappa shape index (κ3) is 5.67. The SMILES string of the molecule is CCC(CC)C(=O)N(Cc1ccc(OC)c(OCC2(C)COC2)c1)C[C@@H]1CCCO1. The lowest BCUT2D eigenvalue weighted by Gasteiger charge is -2.37. The molecule has 2 aliphatic rings. The second-order valence-corrected chi connectivity index (χ2v) is 8.94. The van der Waals surface area contributed by atoms with Crippen molar-refractivity contribution in [3.8, 4) is 11.5 Å². The minimum atomic E-state index is 0.0539. The molecule has 2 fully saturated rings. The lowest BCUT2D eigenvalue weighted by molar-refractivity contribution is -0.138. The van der Waals surface area contributed by atoms with Gasteiger partial charge >= 0.3 is 0 Å². The van der Waals surface area contributed by atoms with Gasteiger partial charge in [0.15, 0.2) is 11.5 Å². The Morgan fingerprint density at radius 2 is 2.03 bits per heavy atom. The van der Waals surface area contributed by atoms with Crippen LogP contribution in [0.15, 0.2) is 18.2 Å². The topological polar surface area (TPSA) is 57.2 Å². The van der Waals surface area contributed by atoms with Crippen LogP contribution in [0, 0.1) is 11.3 Å². The van der Waals surface area contributed by atoms with Crippen molar-refractivity contribution in [1.29, 1.82) is 0 Å². The van der Waals surface area contributed by atoms with Crippen molar-refractivity contribution in [2.24, 2.45) is 11.3 Å². The molecule has 6 heteroatoms. The number of amides is 1. The molecule has 2 aliphatic heterocycles. The molecule has 0 bridgehead atoms. The number of carbonyl (C=O) groups is 1. The summed E-state index contributed by atoms with van der Waals surface area (Å²) in [4.78, 5) is 15.2. The van der Waals surface area contributed by atoms with Gasteiger partial charge in [-0.3, -0.25) is 4.79 Å². The molecule has 0 aromatic heterocycles. The summed E-state index contributed by atoms with van der Waals surface area (Å²) in [6.45, 7) is 10.3. The summed E-state index contributed by atoms with van der Waals surface area (Å²) in [7, 11) is 1.65. The summed E-state index contributed by atoms with van der Waals surface area (Å²) < 4.78 is 22.7. The molecular weight excluding hydrogens is 382 g/mol. The molecule has 1 amide bonds. The Balaban J connectivity index is 1.74. The Labute approximate surface area is 180 Å². The molecule has 1 atom stereocenters. The zero-order valence-corrected chi connectivity index (χ0v) is 18.9. The highest BCUT2D eigenvalue weighted by molar-refractivity contribution is 5.78. The van der Waals surface area contributed by atoms with Gasteiger partial charge in [-0.2, -0.15) is 0 Å². The number of hydrogen-bond donors (Lipinski definition) is 0. The summed E-state index contributed by atoms with van der Waals surface area (Å²) >= 11 is 0. The predicted octanol–water partition coefficient (Wildman–Crippen LogP) is 4.05. The summed E-state index contributed by atoms with van der Waals surface area (Å²) in [5.41, 5.74) is 1.09. The van der Waals surface area contributed by atoms with Crippen LogP contribution in [0.5, 0.6) is 11.5 Å². The lowest BCUT2D eigenvalue weighted by Crippen LogP contribution is -2.44. The Morgan fingerprint density at radius 1 is 1.27 bits per heavy atom. The van der Waals surface area contributed by atoms with Crippen LogP contribution < -0.4 is 9.47 Å². The van der Waals surface area contributed by atoms with Gasteiger partial charge in [0.2, 0.25) is 5.91 Å². The van der Waals surface area contributed by atoms with Gasteiger partial charge < -0.3 is 23.8 Å². The lowest BCUT2D eigenvalue weighted by atomic mass is 9.90. The Bertz CT molecular complexity index is 693. The first-order valence-electron chi connectivity index (χ1n) is 11.3. The quantitative estimate of drug-likeness (QED) is 0.541. The van der Waals surface area contributed by atoms with E-state index in [-0.39, 0.29) is 23.3 Å². The zero-order valence-electron chi connectivity index (χ0n) is 18.9. The van der Waals surface area contributed by atoms with Crippen molar-refractivity contribution in [1.82, 2.24) is 4.90 Å². The number of hydrogen-bond acceptors (Lipinski definition) is 5. The summed E-state index contributed by atoms with van der Waals surface area (Å²) in [6, 6.07) is 5.95. The molecule has 0 spiro atoms. The van der Waals surface area contributed by atoms with Gasteiger partial charge in [-0.15, -0.1) is 0 Å². The first kappa shape index (κ1) is 22.9. The molecule has 0 saturated carbocycles. The molecule has 2 saturated heterocycles. The number of rotatable bonds is 11. The van der Waals surface area contributed by atoms with Crippen LogP contribution in [-0.2, 0) is 20.8 Å². The fourth-order valence-corrected chi connectivity index (χ4v) is 4.10. The van der Waals surface area contributed by atoms with E-state index in [2.05, 4.69) is 20.8 Å². The number of methoxy groups -OCH3 is 1. The van der Waals surface area contributed by atoms with Crippen molar-refractivity contribution >= 4 is 5.91 Å². The van der Waals surface area contributed by atoms with E-state index in [0.717, 1.165) is 43.6 Å². The predicted molar refractivity (Wildman–Crippen MR) is 116 cm³/mol. The van der Waals surface area contributed by atoms with E-state index in [1.807, 2.05) is 23.1 Å². The standard InChI is InChI=1S/C24H37NO5/c1-5-19(6-2)23(26)25(14-20-8-7-11-29-20)13-18-9-10-21(27-4)22(12-18)30-17-24(3)15-28-16-24/h9-10,12,19-20H,5-8,11,13-17H2,1-4H3/t20-/m0/s1. The molecule has 30 heavy (non-hydrogen) atoms.